The number of carbonyl (C=O) groups is 1. The number of thiazole rings is 1. The minimum Gasteiger partial charge on any atom is -0.309 e. The van der Waals surface area contributed by atoms with Gasteiger partial charge >= 0.3 is 0 Å². The molecule has 0 aliphatic carbocycles. The summed E-state index contributed by atoms with van der Waals surface area (Å²) in [4.78, 5) is 32.5. The van der Waals surface area contributed by atoms with Crippen molar-refractivity contribution in [2.45, 2.75) is 19.8 Å². The molecule has 1 aliphatic rings. The summed E-state index contributed by atoms with van der Waals surface area (Å²) in [5.74, 6) is 1.61. The molecule has 1 N–H and O–H groups in total. The van der Waals surface area contributed by atoms with Gasteiger partial charge in [-0.3, -0.25) is 14.7 Å². The molecule has 7 nitrogen and oxygen atoms in total. The molecule has 0 atom stereocenters. The number of nitrogens with one attached hydrogen (secondary N) is 1. The Labute approximate surface area is 167 Å². The first kappa shape index (κ1) is 18.6. The van der Waals surface area contributed by atoms with Gasteiger partial charge in [0.05, 0.1) is 6.54 Å². The van der Waals surface area contributed by atoms with Gasteiger partial charge in [0.2, 0.25) is 5.91 Å². The lowest BCUT2D eigenvalue weighted by Gasteiger charge is -2.29. The van der Waals surface area contributed by atoms with E-state index in [0.717, 1.165) is 36.9 Å². The van der Waals surface area contributed by atoms with E-state index in [4.69, 9.17) is 0 Å². The van der Waals surface area contributed by atoms with Crippen LogP contribution in [-0.2, 0) is 4.79 Å². The van der Waals surface area contributed by atoms with Gasteiger partial charge < -0.3 is 5.32 Å². The highest BCUT2D eigenvalue weighted by atomic mass is 32.1. The summed E-state index contributed by atoms with van der Waals surface area (Å²) < 4.78 is 0. The van der Waals surface area contributed by atoms with Crippen molar-refractivity contribution < 1.29 is 4.79 Å². The minimum atomic E-state index is -0.0645. The Bertz CT molecular complexity index is 923. The van der Waals surface area contributed by atoms with Crippen LogP contribution in [0.4, 0.5) is 5.82 Å². The number of aromatic nitrogens is 4. The second kappa shape index (κ2) is 8.53. The van der Waals surface area contributed by atoms with Crippen LogP contribution in [-0.4, -0.2) is 50.4 Å². The minimum absolute atomic E-state index is 0.0645. The highest BCUT2D eigenvalue weighted by molar-refractivity contribution is 7.13. The van der Waals surface area contributed by atoms with Crippen LogP contribution in [0, 0.1) is 5.92 Å². The molecule has 0 aromatic carbocycles. The van der Waals surface area contributed by atoms with Gasteiger partial charge in [-0.1, -0.05) is 13.0 Å². The normalized spacial score (nSPS) is 15.5. The predicted octanol–water partition coefficient (Wildman–Crippen LogP) is 3.33. The molecular weight excluding hydrogens is 372 g/mol. The summed E-state index contributed by atoms with van der Waals surface area (Å²) in [6, 6.07) is 7.34. The number of hydrogen-bond donors (Lipinski definition) is 1. The molecule has 0 bridgehead atoms. The lowest BCUT2D eigenvalue weighted by molar-refractivity contribution is -0.117. The molecule has 3 aromatic rings. The van der Waals surface area contributed by atoms with Crippen LogP contribution < -0.4 is 5.32 Å². The van der Waals surface area contributed by atoms with E-state index in [1.807, 2.05) is 23.6 Å². The second-order valence-electron chi connectivity index (χ2n) is 7.02. The van der Waals surface area contributed by atoms with Crippen LogP contribution in [0.2, 0.25) is 0 Å². The van der Waals surface area contributed by atoms with E-state index in [1.54, 1.807) is 18.5 Å². The molecular formula is C20H22N6OS. The van der Waals surface area contributed by atoms with E-state index < -0.39 is 0 Å². The maximum atomic E-state index is 12.6. The van der Waals surface area contributed by atoms with E-state index in [1.165, 1.54) is 11.3 Å². The Balaban J connectivity index is 1.55. The van der Waals surface area contributed by atoms with E-state index >= 15 is 0 Å². The molecule has 0 saturated carbocycles. The fourth-order valence-electron chi connectivity index (χ4n) is 3.19. The zero-order chi connectivity index (χ0) is 19.3. The zero-order valence-electron chi connectivity index (χ0n) is 15.7. The number of anilines is 1. The number of nitrogens with zero attached hydrogens (tertiary/aromatic N) is 5. The fraction of sp³-hybridized carbons (Fsp3) is 0.350. The van der Waals surface area contributed by atoms with Crippen molar-refractivity contribution in [2.75, 3.05) is 25.0 Å². The first-order valence-electron chi connectivity index (χ1n) is 9.40. The van der Waals surface area contributed by atoms with Crippen LogP contribution in [0.1, 0.15) is 19.8 Å². The average molecular weight is 395 g/mol. The average Bonchev–Trinajstić information content (AvgIpc) is 3.25. The van der Waals surface area contributed by atoms with Crippen LogP contribution in [0.25, 0.3) is 22.2 Å². The molecule has 1 saturated heterocycles. The molecule has 1 aliphatic heterocycles. The molecule has 1 fully saturated rings. The third-order valence-corrected chi connectivity index (χ3v) is 5.58. The van der Waals surface area contributed by atoms with Crippen molar-refractivity contribution >= 4 is 23.1 Å². The van der Waals surface area contributed by atoms with Gasteiger partial charge in [0.15, 0.2) is 5.82 Å². The Kier molecular flexibility index (Phi) is 5.68. The number of rotatable bonds is 5. The molecule has 4 heterocycles. The molecule has 144 valence electrons. The molecule has 0 spiro atoms. The first-order chi connectivity index (χ1) is 13.7. The quantitative estimate of drug-likeness (QED) is 0.715. The van der Waals surface area contributed by atoms with Gasteiger partial charge in [0, 0.05) is 23.8 Å². The van der Waals surface area contributed by atoms with Gasteiger partial charge in [0.1, 0.15) is 22.2 Å². The SMILES string of the molecule is CC1CCN(CC(=O)Nc2cc(-c3nccs3)nc(-c3ccccn3)n2)CC1. The number of likely N-dealkylation sites (tertiary alicyclic amines) is 1. The summed E-state index contributed by atoms with van der Waals surface area (Å²) >= 11 is 1.49. The standard InChI is InChI=1S/C20H22N6OS/c1-14-5-9-26(10-6-14)13-18(27)24-17-12-16(20-22-8-11-28-20)23-19(25-17)15-4-2-3-7-21-15/h2-4,7-8,11-12,14H,5-6,9-10,13H2,1H3,(H,23,24,25,27). The second-order valence-corrected chi connectivity index (χ2v) is 7.92. The summed E-state index contributed by atoms with van der Waals surface area (Å²) in [6.07, 6.45) is 5.71. The Morgan fingerprint density at radius 3 is 2.75 bits per heavy atom. The highest BCUT2D eigenvalue weighted by Gasteiger charge is 2.19. The third kappa shape index (κ3) is 4.58. The molecule has 0 radical (unpaired) electrons. The predicted molar refractivity (Wildman–Crippen MR) is 110 cm³/mol. The van der Waals surface area contributed by atoms with Crippen LogP contribution in [0.15, 0.2) is 42.0 Å². The smallest absolute Gasteiger partial charge is 0.239 e. The topological polar surface area (TPSA) is 83.9 Å². The van der Waals surface area contributed by atoms with E-state index in [9.17, 15) is 4.79 Å². The fourth-order valence-corrected chi connectivity index (χ4v) is 3.78. The lowest BCUT2D eigenvalue weighted by Crippen LogP contribution is -2.38. The van der Waals surface area contributed by atoms with Crippen molar-refractivity contribution in [1.29, 1.82) is 0 Å². The lowest BCUT2D eigenvalue weighted by atomic mass is 9.99. The molecule has 0 unspecified atom stereocenters. The summed E-state index contributed by atoms with van der Waals surface area (Å²) in [5, 5.41) is 5.60. The number of hydrogen-bond acceptors (Lipinski definition) is 7. The third-order valence-electron chi connectivity index (χ3n) is 4.78. The van der Waals surface area contributed by atoms with Crippen LogP contribution in [0.5, 0.6) is 0 Å². The summed E-state index contributed by atoms with van der Waals surface area (Å²) in [6.45, 7) is 4.56. The van der Waals surface area contributed by atoms with Crippen LogP contribution >= 0.6 is 11.3 Å². The van der Waals surface area contributed by atoms with Gasteiger partial charge in [-0.25, -0.2) is 15.0 Å². The Morgan fingerprint density at radius 2 is 2.04 bits per heavy atom. The van der Waals surface area contributed by atoms with Crippen molar-refractivity contribution in [3.05, 3.63) is 42.0 Å². The Hall–Kier alpha value is -2.71. The summed E-state index contributed by atoms with van der Waals surface area (Å²) in [5.41, 5.74) is 1.33. The number of carbonyl (C=O) groups excluding carboxylic acids is 1. The molecule has 8 heteroatoms. The first-order valence-corrected chi connectivity index (χ1v) is 10.3. The molecule has 28 heavy (non-hydrogen) atoms. The van der Waals surface area contributed by atoms with Crippen molar-refractivity contribution in [3.63, 3.8) is 0 Å². The van der Waals surface area contributed by atoms with Gasteiger partial charge in [-0.05, 0) is 44.0 Å². The molecule has 3 aromatic heterocycles. The maximum absolute atomic E-state index is 12.6. The molecule has 4 rings (SSSR count). The van der Waals surface area contributed by atoms with Gasteiger partial charge in [-0.2, -0.15) is 0 Å². The van der Waals surface area contributed by atoms with E-state index in [-0.39, 0.29) is 5.91 Å². The number of pyridine rings is 1. The monoisotopic (exact) mass is 394 g/mol. The molecule has 1 amide bonds. The largest absolute Gasteiger partial charge is 0.309 e. The maximum Gasteiger partial charge on any atom is 0.239 e. The van der Waals surface area contributed by atoms with E-state index in [0.29, 0.717) is 29.6 Å². The Morgan fingerprint density at radius 1 is 1.18 bits per heavy atom. The van der Waals surface area contributed by atoms with Gasteiger partial charge in [0.25, 0.3) is 0 Å². The number of amides is 1. The van der Waals surface area contributed by atoms with E-state index in [2.05, 4.69) is 37.1 Å². The van der Waals surface area contributed by atoms with Crippen molar-refractivity contribution in [2.24, 2.45) is 5.92 Å². The van der Waals surface area contributed by atoms with Gasteiger partial charge in [-0.15, -0.1) is 11.3 Å². The zero-order valence-corrected chi connectivity index (χ0v) is 16.5. The summed E-state index contributed by atoms with van der Waals surface area (Å²) in [7, 11) is 0. The highest BCUT2D eigenvalue weighted by Crippen LogP contribution is 2.25. The van der Waals surface area contributed by atoms with Crippen molar-refractivity contribution in [1.82, 2.24) is 24.8 Å². The number of piperidine rings is 1. The van der Waals surface area contributed by atoms with Crippen LogP contribution in [0.3, 0.4) is 0 Å². The van der Waals surface area contributed by atoms with Crippen molar-refractivity contribution in [3.8, 4) is 22.2 Å².